The number of para-hydroxylation sites is 2. The lowest BCUT2D eigenvalue weighted by Crippen LogP contribution is -2.15. The second kappa shape index (κ2) is 8.00. The van der Waals surface area contributed by atoms with E-state index in [4.69, 9.17) is 9.15 Å². The molecule has 4 rings (SSSR count). The Morgan fingerprint density at radius 1 is 1.21 bits per heavy atom. The van der Waals surface area contributed by atoms with Crippen molar-refractivity contribution in [1.29, 1.82) is 0 Å². The molecular formula is C21H20N4O3S. The van der Waals surface area contributed by atoms with E-state index in [1.807, 2.05) is 67.1 Å². The van der Waals surface area contributed by atoms with Gasteiger partial charge >= 0.3 is 0 Å². The highest BCUT2D eigenvalue weighted by Gasteiger charge is 2.18. The third-order valence-electron chi connectivity index (χ3n) is 4.53. The number of nitrogens with one attached hydrogen (secondary N) is 1. The summed E-state index contributed by atoms with van der Waals surface area (Å²) < 4.78 is 13.1. The van der Waals surface area contributed by atoms with E-state index < -0.39 is 0 Å². The van der Waals surface area contributed by atoms with E-state index in [1.54, 1.807) is 7.11 Å². The van der Waals surface area contributed by atoms with Crippen LogP contribution in [0.3, 0.4) is 0 Å². The van der Waals surface area contributed by atoms with Crippen LogP contribution in [0.4, 0.5) is 5.69 Å². The number of aromatic nitrogens is 3. The molecule has 0 aliphatic heterocycles. The molecular weight excluding hydrogens is 388 g/mol. The van der Waals surface area contributed by atoms with Gasteiger partial charge in [-0.2, -0.15) is 0 Å². The number of rotatable bonds is 6. The van der Waals surface area contributed by atoms with Gasteiger partial charge in [-0.05, 0) is 30.7 Å². The van der Waals surface area contributed by atoms with Gasteiger partial charge in [0.1, 0.15) is 0 Å². The van der Waals surface area contributed by atoms with Crippen molar-refractivity contribution >= 4 is 34.3 Å². The molecule has 0 bridgehead atoms. The highest BCUT2D eigenvalue weighted by Crippen LogP contribution is 2.33. The maximum absolute atomic E-state index is 12.3. The Morgan fingerprint density at radius 2 is 2.03 bits per heavy atom. The van der Waals surface area contributed by atoms with Gasteiger partial charge in [0.05, 0.1) is 12.9 Å². The minimum atomic E-state index is -0.0951. The van der Waals surface area contributed by atoms with Crippen LogP contribution in [-0.4, -0.2) is 33.5 Å². The van der Waals surface area contributed by atoms with Crippen molar-refractivity contribution in [2.75, 3.05) is 18.2 Å². The predicted octanol–water partition coefficient (Wildman–Crippen LogP) is 4.28. The summed E-state index contributed by atoms with van der Waals surface area (Å²) in [7, 11) is 3.46. The molecule has 0 radical (unpaired) electrons. The van der Waals surface area contributed by atoms with Crippen LogP contribution in [0, 0.1) is 6.92 Å². The van der Waals surface area contributed by atoms with Crippen LogP contribution in [0.25, 0.3) is 22.6 Å². The minimum Gasteiger partial charge on any atom is -0.493 e. The number of carbonyl (C=O) groups is 1. The van der Waals surface area contributed by atoms with Crippen LogP contribution in [0.2, 0.25) is 0 Å². The Balaban J connectivity index is 1.49. The third kappa shape index (κ3) is 3.84. The van der Waals surface area contributed by atoms with Crippen molar-refractivity contribution in [2.45, 2.75) is 12.1 Å². The molecule has 0 saturated carbocycles. The number of carbonyl (C=O) groups excluding carboxylic acids is 1. The van der Waals surface area contributed by atoms with Gasteiger partial charge in [-0.1, -0.05) is 42.1 Å². The second-order valence-electron chi connectivity index (χ2n) is 6.51. The monoisotopic (exact) mass is 408 g/mol. The molecule has 0 fully saturated rings. The zero-order chi connectivity index (χ0) is 20.4. The summed E-state index contributed by atoms with van der Waals surface area (Å²) in [6.45, 7) is 1.96. The summed E-state index contributed by atoms with van der Waals surface area (Å²) in [5, 5.41) is 12.9. The highest BCUT2D eigenvalue weighted by atomic mass is 32.2. The summed E-state index contributed by atoms with van der Waals surface area (Å²) in [6, 6.07) is 15.3. The van der Waals surface area contributed by atoms with E-state index >= 15 is 0 Å². The molecule has 1 N–H and O–H groups in total. The average molecular weight is 408 g/mol. The first-order chi connectivity index (χ1) is 14.1. The first-order valence-corrected chi connectivity index (χ1v) is 10.00. The largest absolute Gasteiger partial charge is 0.493 e. The fourth-order valence-corrected chi connectivity index (χ4v) is 3.70. The molecule has 8 heteroatoms. The molecule has 29 heavy (non-hydrogen) atoms. The van der Waals surface area contributed by atoms with Crippen LogP contribution >= 0.6 is 11.8 Å². The number of amides is 1. The standard InChI is InChI=1S/C21H20N4O3S/c1-13-7-4-5-9-15(13)22-18(26)12-29-21-24-23-20(25(21)2)17-11-14-8-6-10-16(27-3)19(14)28-17/h4-11H,12H2,1-3H3,(H,22,26). The number of anilines is 1. The predicted molar refractivity (Wildman–Crippen MR) is 113 cm³/mol. The number of aryl methyl sites for hydroxylation is 1. The number of furan rings is 1. The van der Waals surface area contributed by atoms with Gasteiger partial charge in [0, 0.05) is 18.1 Å². The topological polar surface area (TPSA) is 82.2 Å². The van der Waals surface area contributed by atoms with Gasteiger partial charge in [0.2, 0.25) is 5.91 Å². The van der Waals surface area contributed by atoms with E-state index in [9.17, 15) is 4.79 Å². The molecule has 0 unspecified atom stereocenters. The SMILES string of the molecule is COc1cccc2cc(-c3nnc(SCC(=O)Nc4ccccc4C)n3C)oc12. The first-order valence-electron chi connectivity index (χ1n) is 9.01. The van der Waals surface area contributed by atoms with Crippen LogP contribution < -0.4 is 10.1 Å². The van der Waals surface area contributed by atoms with E-state index in [0.29, 0.717) is 28.1 Å². The van der Waals surface area contributed by atoms with E-state index in [2.05, 4.69) is 15.5 Å². The van der Waals surface area contributed by atoms with Crippen molar-refractivity contribution in [3.8, 4) is 17.3 Å². The van der Waals surface area contributed by atoms with Gasteiger partial charge in [0.15, 0.2) is 28.1 Å². The summed E-state index contributed by atoms with van der Waals surface area (Å²) in [5.74, 6) is 1.98. The van der Waals surface area contributed by atoms with Gasteiger partial charge in [-0.15, -0.1) is 10.2 Å². The Hall–Kier alpha value is -3.26. The van der Waals surface area contributed by atoms with E-state index in [1.165, 1.54) is 11.8 Å². The fourth-order valence-electron chi connectivity index (χ4n) is 2.99. The molecule has 0 atom stereocenters. The number of ether oxygens (including phenoxy) is 1. The molecule has 2 heterocycles. The highest BCUT2D eigenvalue weighted by molar-refractivity contribution is 7.99. The normalized spacial score (nSPS) is 11.0. The van der Waals surface area contributed by atoms with Crippen molar-refractivity contribution in [1.82, 2.24) is 14.8 Å². The molecule has 4 aromatic rings. The Morgan fingerprint density at radius 3 is 2.83 bits per heavy atom. The molecule has 1 amide bonds. The lowest BCUT2D eigenvalue weighted by atomic mass is 10.2. The number of hydrogen-bond donors (Lipinski definition) is 1. The quantitative estimate of drug-likeness (QED) is 0.480. The number of nitrogens with zero attached hydrogens (tertiary/aromatic N) is 3. The minimum absolute atomic E-state index is 0.0951. The Kier molecular flexibility index (Phi) is 5.26. The Labute approximate surface area is 172 Å². The molecule has 2 aromatic carbocycles. The summed E-state index contributed by atoms with van der Waals surface area (Å²) in [4.78, 5) is 12.3. The maximum Gasteiger partial charge on any atom is 0.234 e. The molecule has 0 saturated heterocycles. The lowest BCUT2D eigenvalue weighted by molar-refractivity contribution is -0.113. The van der Waals surface area contributed by atoms with E-state index in [-0.39, 0.29) is 11.7 Å². The van der Waals surface area contributed by atoms with Crippen LogP contribution in [0.5, 0.6) is 5.75 Å². The number of methoxy groups -OCH3 is 1. The first kappa shape index (κ1) is 19.1. The number of thioether (sulfide) groups is 1. The zero-order valence-corrected chi connectivity index (χ0v) is 17.1. The van der Waals surface area contributed by atoms with E-state index in [0.717, 1.165) is 16.6 Å². The second-order valence-corrected chi connectivity index (χ2v) is 7.45. The van der Waals surface area contributed by atoms with Gasteiger partial charge in [-0.25, -0.2) is 0 Å². The number of hydrogen-bond acceptors (Lipinski definition) is 6. The van der Waals surface area contributed by atoms with Crippen LogP contribution in [-0.2, 0) is 11.8 Å². The summed E-state index contributed by atoms with van der Waals surface area (Å²) in [6.07, 6.45) is 0. The molecule has 148 valence electrons. The average Bonchev–Trinajstić information content (AvgIpc) is 3.31. The molecule has 7 nitrogen and oxygen atoms in total. The number of fused-ring (bicyclic) bond motifs is 1. The zero-order valence-electron chi connectivity index (χ0n) is 16.3. The van der Waals surface area contributed by atoms with Crippen molar-refractivity contribution in [3.05, 3.63) is 54.1 Å². The van der Waals surface area contributed by atoms with Crippen molar-refractivity contribution < 1.29 is 13.9 Å². The van der Waals surface area contributed by atoms with Crippen LogP contribution in [0.15, 0.2) is 58.1 Å². The van der Waals surface area contributed by atoms with Gasteiger partial charge in [0.25, 0.3) is 0 Å². The van der Waals surface area contributed by atoms with Crippen molar-refractivity contribution in [3.63, 3.8) is 0 Å². The maximum atomic E-state index is 12.3. The Bertz CT molecular complexity index is 1180. The van der Waals surface area contributed by atoms with Gasteiger partial charge < -0.3 is 19.0 Å². The smallest absolute Gasteiger partial charge is 0.234 e. The molecule has 0 spiro atoms. The molecule has 0 aliphatic rings. The third-order valence-corrected chi connectivity index (χ3v) is 5.55. The summed E-state index contributed by atoms with van der Waals surface area (Å²) in [5.41, 5.74) is 2.50. The van der Waals surface area contributed by atoms with Crippen LogP contribution in [0.1, 0.15) is 5.56 Å². The number of benzene rings is 2. The molecule has 0 aliphatic carbocycles. The lowest BCUT2D eigenvalue weighted by Gasteiger charge is -2.07. The fraction of sp³-hybridized carbons (Fsp3) is 0.190. The van der Waals surface area contributed by atoms with Gasteiger partial charge in [-0.3, -0.25) is 4.79 Å². The van der Waals surface area contributed by atoms with Crippen molar-refractivity contribution in [2.24, 2.45) is 7.05 Å². The molecule has 2 aromatic heterocycles. The summed E-state index contributed by atoms with van der Waals surface area (Å²) >= 11 is 1.32.